The first kappa shape index (κ1) is 21.1. The van der Waals surface area contributed by atoms with Gasteiger partial charge in [0.2, 0.25) is 0 Å². The van der Waals surface area contributed by atoms with Gasteiger partial charge in [0.25, 0.3) is 11.8 Å². The monoisotopic (exact) mass is 422 g/mol. The molecule has 0 spiro atoms. The number of para-hydroxylation sites is 1. The topological polar surface area (TPSA) is 49.9 Å². The number of anilines is 1. The van der Waals surface area contributed by atoms with Crippen molar-refractivity contribution in [1.82, 2.24) is 4.90 Å². The number of ether oxygens (including phenoxy) is 1. The molecule has 0 unspecified atom stereocenters. The molecule has 0 saturated carbocycles. The van der Waals surface area contributed by atoms with E-state index < -0.39 is 17.6 Å². The number of carbonyl (C=O) groups excluding carboxylic acids is 2. The molecule has 1 saturated heterocycles. The van der Waals surface area contributed by atoms with E-state index in [0.29, 0.717) is 48.2 Å². The van der Waals surface area contributed by atoms with Crippen molar-refractivity contribution < 1.29 is 18.7 Å². The van der Waals surface area contributed by atoms with Crippen molar-refractivity contribution in [2.24, 2.45) is 5.92 Å². The number of imide groups is 1. The van der Waals surface area contributed by atoms with Crippen molar-refractivity contribution in [2.45, 2.75) is 33.1 Å². The van der Waals surface area contributed by atoms with Crippen molar-refractivity contribution >= 4 is 23.1 Å². The Kier molecular flexibility index (Phi) is 6.07. The second-order valence-corrected chi connectivity index (χ2v) is 8.16. The lowest BCUT2D eigenvalue weighted by Crippen LogP contribution is -2.38. The van der Waals surface area contributed by atoms with E-state index in [1.54, 1.807) is 36.4 Å². The summed E-state index contributed by atoms with van der Waals surface area (Å²) >= 11 is 0. The Labute approximate surface area is 182 Å². The third-order valence-electron chi connectivity index (χ3n) is 5.87. The average molecular weight is 423 g/mol. The van der Waals surface area contributed by atoms with E-state index in [2.05, 4.69) is 6.92 Å². The van der Waals surface area contributed by atoms with Gasteiger partial charge in [0.1, 0.15) is 17.3 Å². The third kappa shape index (κ3) is 4.07. The quantitative estimate of drug-likeness (QED) is 0.637. The van der Waals surface area contributed by atoms with Crippen LogP contribution in [0.2, 0.25) is 0 Å². The number of amides is 2. The first-order valence-corrected chi connectivity index (χ1v) is 10.9. The van der Waals surface area contributed by atoms with E-state index in [-0.39, 0.29) is 5.69 Å². The maximum Gasteiger partial charge on any atom is 0.282 e. The maximum absolute atomic E-state index is 14.5. The molecule has 31 heavy (non-hydrogen) atoms. The smallest absolute Gasteiger partial charge is 0.282 e. The zero-order valence-corrected chi connectivity index (χ0v) is 17.9. The molecule has 4 rings (SSSR count). The van der Waals surface area contributed by atoms with Crippen LogP contribution in [0.3, 0.4) is 0 Å². The lowest BCUT2D eigenvalue weighted by atomic mass is 9.97. The number of benzene rings is 2. The van der Waals surface area contributed by atoms with Crippen LogP contribution in [-0.4, -0.2) is 36.4 Å². The molecule has 0 radical (unpaired) electrons. The molecule has 2 aromatic carbocycles. The standard InChI is InChI=1S/C25H27FN2O3/c1-3-16-31-19-10-8-18(9-11-19)22-23(27-14-12-17(2)13-15-27)25(30)28(24(22)29)21-7-5-4-6-20(21)26/h4-11,17H,3,12-16H2,1-2H3. The molecule has 2 aliphatic heterocycles. The van der Waals surface area contributed by atoms with E-state index in [0.717, 1.165) is 24.2 Å². The normalized spacial score (nSPS) is 17.6. The summed E-state index contributed by atoms with van der Waals surface area (Å²) in [5.41, 5.74) is 1.31. The van der Waals surface area contributed by atoms with E-state index in [4.69, 9.17) is 4.74 Å². The number of carbonyl (C=O) groups is 2. The Morgan fingerprint density at radius 2 is 1.68 bits per heavy atom. The molecule has 2 aromatic rings. The molecular formula is C25H27FN2O3. The van der Waals surface area contributed by atoms with Crippen LogP contribution in [0, 0.1) is 11.7 Å². The molecule has 2 heterocycles. The minimum absolute atomic E-state index is 0.0155. The summed E-state index contributed by atoms with van der Waals surface area (Å²) < 4.78 is 20.2. The first-order valence-electron chi connectivity index (χ1n) is 10.9. The maximum atomic E-state index is 14.5. The van der Waals surface area contributed by atoms with Gasteiger partial charge in [-0.1, -0.05) is 38.1 Å². The zero-order valence-electron chi connectivity index (χ0n) is 17.9. The zero-order chi connectivity index (χ0) is 22.0. The van der Waals surface area contributed by atoms with Crippen LogP contribution in [0.1, 0.15) is 38.7 Å². The van der Waals surface area contributed by atoms with Crippen molar-refractivity contribution in [3.8, 4) is 5.75 Å². The van der Waals surface area contributed by atoms with Crippen LogP contribution in [-0.2, 0) is 9.59 Å². The van der Waals surface area contributed by atoms with Gasteiger partial charge in [-0.15, -0.1) is 0 Å². The Bertz CT molecular complexity index is 1010. The fraction of sp³-hybridized carbons (Fsp3) is 0.360. The van der Waals surface area contributed by atoms with Crippen molar-refractivity contribution in [3.63, 3.8) is 0 Å². The molecule has 2 amide bonds. The molecule has 5 nitrogen and oxygen atoms in total. The van der Waals surface area contributed by atoms with Gasteiger partial charge in [-0.3, -0.25) is 9.59 Å². The summed E-state index contributed by atoms with van der Waals surface area (Å²) in [6.45, 7) is 6.22. The van der Waals surface area contributed by atoms with Crippen LogP contribution in [0.15, 0.2) is 54.2 Å². The number of halogens is 1. The summed E-state index contributed by atoms with van der Waals surface area (Å²) in [5, 5.41) is 0. The van der Waals surface area contributed by atoms with Gasteiger partial charge >= 0.3 is 0 Å². The highest BCUT2D eigenvalue weighted by Gasteiger charge is 2.43. The number of likely N-dealkylation sites (tertiary alicyclic amines) is 1. The van der Waals surface area contributed by atoms with Crippen molar-refractivity contribution in [1.29, 1.82) is 0 Å². The van der Waals surface area contributed by atoms with Gasteiger partial charge in [-0.25, -0.2) is 9.29 Å². The molecule has 2 aliphatic rings. The van der Waals surface area contributed by atoms with Crippen molar-refractivity contribution in [2.75, 3.05) is 24.6 Å². The predicted octanol–water partition coefficient (Wildman–Crippen LogP) is 4.63. The number of nitrogens with zero attached hydrogens (tertiary/aromatic N) is 2. The highest BCUT2D eigenvalue weighted by Crippen LogP contribution is 2.37. The minimum Gasteiger partial charge on any atom is -0.494 e. The first-order chi connectivity index (χ1) is 15.0. The Morgan fingerprint density at radius 3 is 2.32 bits per heavy atom. The van der Waals surface area contributed by atoms with Gasteiger partial charge in [-0.2, -0.15) is 0 Å². The Morgan fingerprint density at radius 1 is 1.00 bits per heavy atom. The molecule has 0 atom stereocenters. The Balaban J connectivity index is 1.75. The van der Waals surface area contributed by atoms with Crippen LogP contribution in [0.5, 0.6) is 5.75 Å². The second kappa shape index (κ2) is 8.92. The molecule has 162 valence electrons. The number of hydrogen-bond donors (Lipinski definition) is 0. The molecule has 0 aromatic heterocycles. The molecular weight excluding hydrogens is 395 g/mol. The summed E-state index contributed by atoms with van der Waals surface area (Å²) in [5.74, 6) is -0.273. The van der Waals surface area contributed by atoms with E-state index in [1.807, 2.05) is 11.8 Å². The van der Waals surface area contributed by atoms with Crippen LogP contribution >= 0.6 is 0 Å². The van der Waals surface area contributed by atoms with Gasteiger partial charge < -0.3 is 9.64 Å². The lowest BCUT2D eigenvalue weighted by molar-refractivity contribution is -0.120. The highest BCUT2D eigenvalue weighted by molar-refractivity contribution is 6.45. The van der Waals surface area contributed by atoms with E-state index >= 15 is 0 Å². The van der Waals surface area contributed by atoms with Crippen LogP contribution < -0.4 is 9.64 Å². The third-order valence-corrected chi connectivity index (χ3v) is 5.87. The van der Waals surface area contributed by atoms with Gasteiger partial charge in [0.15, 0.2) is 0 Å². The second-order valence-electron chi connectivity index (χ2n) is 8.16. The fourth-order valence-electron chi connectivity index (χ4n) is 4.09. The fourth-order valence-corrected chi connectivity index (χ4v) is 4.09. The van der Waals surface area contributed by atoms with Gasteiger partial charge in [0.05, 0.1) is 17.9 Å². The molecule has 1 fully saturated rings. The van der Waals surface area contributed by atoms with E-state index in [9.17, 15) is 14.0 Å². The summed E-state index contributed by atoms with van der Waals surface area (Å²) in [6, 6.07) is 13.1. The molecule has 0 N–H and O–H groups in total. The van der Waals surface area contributed by atoms with Crippen molar-refractivity contribution in [3.05, 3.63) is 65.6 Å². The van der Waals surface area contributed by atoms with Gasteiger partial charge in [-0.05, 0) is 55.0 Å². The van der Waals surface area contributed by atoms with E-state index in [1.165, 1.54) is 12.1 Å². The average Bonchev–Trinajstić information content (AvgIpc) is 3.04. The largest absolute Gasteiger partial charge is 0.494 e. The predicted molar refractivity (Wildman–Crippen MR) is 118 cm³/mol. The molecule has 0 aliphatic carbocycles. The summed E-state index contributed by atoms with van der Waals surface area (Å²) in [4.78, 5) is 29.9. The summed E-state index contributed by atoms with van der Waals surface area (Å²) in [7, 11) is 0. The minimum atomic E-state index is -0.597. The molecule has 0 bridgehead atoms. The SMILES string of the molecule is CCCOc1ccc(C2=C(N3CCC(C)CC3)C(=O)N(c3ccccc3F)C2=O)cc1. The van der Waals surface area contributed by atoms with Crippen LogP contribution in [0.25, 0.3) is 5.57 Å². The Hall–Kier alpha value is -3.15. The highest BCUT2D eigenvalue weighted by atomic mass is 19.1. The summed E-state index contributed by atoms with van der Waals surface area (Å²) in [6.07, 6.45) is 2.79. The number of rotatable bonds is 6. The van der Waals surface area contributed by atoms with Gasteiger partial charge in [0, 0.05) is 13.1 Å². The lowest BCUT2D eigenvalue weighted by Gasteiger charge is -2.32. The number of hydrogen-bond acceptors (Lipinski definition) is 4. The van der Waals surface area contributed by atoms with Crippen LogP contribution in [0.4, 0.5) is 10.1 Å². The number of piperidine rings is 1. The molecule has 6 heteroatoms.